The van der Waals surface area contributed by atoms with Crippen LogP contribution in [0.5, 0.6) is 0 Å². The molecule has 3 rings (SSSR count). The number of carbonyl (C=O) groups is 1. The molecule has 0 unspecified atom stereocenters. The molecule has 0 spiro atoms. The average molecular weight is 379 g/mol. The van der Waals surface area contributed by atoms with E-state index in [9.17, 15) is 14.9 Å². The third-order valence-corrected chi connectivity index (χ3v) is 4.80. The molecule has 1 N–H and O–H groups in total. The molecule has 2 aromatic rings. The number of rotatable bonds is 5. The summed E-state index contributed by atoms with van der Waals surface area (Å²) in [5.74, 6) is 0.0482. The van der Waals surface area contributed by atoms with Crippen LogP contribution in [-0.4, -0.2) is 40.9 Å². The highest BCUT2D eigenvalue weighted by Gasteiger charge is 2.28. The minimum absolute atomic E-state index is 0.0336. The molecule has 0 saturated carbocycles. The summed E-state index contributed by atoms with van der Waals surface area (Å²) in [6.45, 7) is 2.13. The summed E-state index contributed by atoms with van der Waals surface area (Å²) in [4.78, 5) is 23.5. The highest BCUT2D eigenvalue weighted by Crippen LogP contribution is 2.22. The molecule has 1 aliphatic heterocycles. The van der Waals surface area contributed by atoms with Crippen LogP contribution in [0, 0.1) is 20.9 Å². The maximum Gasteiger partial charge on any atom is 0.309 e. The second-order valence-corrected chi connectivity index (χ2v) is 6.53. The lowest BCUT2D eigenvalue weighted by atomic mass is 9.97. The van der Waals surface area contributed by atoms with Crippen molar-refractivity contribution < 1.29 is 23.8 Å². The van der Waals surface area contributed by atoms with Crippen molar-refractivity contribution in [2.24, 2.45) is 5.92 Å². The number of nitro benzene ring substituents is 1. The Labute approximate surface area is 154 Å². The van der Waals surface area contributed by atoms with Crippen LogP contribution < -0.4 is 4.90 Å². The maximum absolute atomic E-state index is 11.6. The Bertz CT molecular complexity index is 870. The van der Waals surface area contributed by atoms with Gasteiger partial charge in [-0.25, -0.2) is 0 Å². The monoisotopic (exact) mass is 379 g/mol. The molecule has 26 heavy (non-hydrogen) atoms. The number of esters is 1. The van der Waals surface area contributed by atoms with Gasteiger partial charge in [-0.2, -0.15) is 4.68 Å². The summed E-state index contributed by atoms with van der Waals surface area (Å²) in [5, 5.41) is 15.3. The Balaban J connectivity index is 1.70. The highest BCUT2D eigenvalue weighted by atomic mass is 32.1. The van der Waals surface area contributed by atoms with Gasteiger partial charge in [-0.1, -0.05) is 6.07 Å². The van der Waals surface area contributed by atoms with E-state index in [1.165, 1.54) is 24.1 Å². The topological polar surface area (TPSA) is 105 Å². The van der Waals surface area contributed by atoms with E-state index in [1.807, 2.05) is 0 Å². The molecule has 1 fully saturated rings. The number of hydrogen-bond donors (Lipinski definition) is 1. The lowest BCUT2D eigenvalue weighted by Gasteiger charge is -2.27. The van der Waals surface area contributed by atoms with Crippen LogP contribution in [-0.2, 0) is 16.2 Å². The van der Waals surface area contributed by atoms with Crippen molar-refractivity contribution in [2.45, 2.75) is 19.5 Å². The van der Waals surface area contributed by atoms with Gasteiger partial charge < -0.3 is 14.1 Å². The number of nitro groups is 1. The van der Waals surface area contributed by atoms with Crippen molar-refractivity contribution in [3.63, 3.8) is 0 Å². The molecule has 2 heterocycles. The second-order valence-electron chi connectivity index (χ2n) is 6.19. The van der Waals surface area contributed by atoms with Crippen molar-refractivity contribution in [3.8, 4) is 11.5 Å². The number of benzene rings is 1. The number of methoxy groups -OCH3 is 1. The average Bonchev–Trinajstić information content (AvgIpc) is 3.02. The zero-order valence-electron chi connectivity index (χ0n) is 14.2. The van der Waals surface area contributed by atoms with Gasteiger partial charge in [0.25, 0.3) is 10.5 Å². The first-order chi connectivity index (χ1) is 12.5. The number of hydrogen-bond acceptors (Lipinski definition) is 7. The highest BCUT2D eigenvalue weighted by molar-refractivity contribution is 7.71. The summed E-state index contributed by atoms with van der Waals surface area (Å²) in [6, 6.07) is 6.07. The number of quaternary nitrogens is 1. The number of nitrogens with one attached hydrogen (secondary N) is 1. The number of nitrogens with zero attached hydrogens (tertiary/aromatic N) is 3. The number of ether oxygens (including phenoxy) is 1. The van der Waals surface area contributed by atoms with Gasteiger partial charge in [-0.15, -0.1) is 5.10 Å². The summed E-state index contributed by atoms with van der Waals surface area (Å²) in [6.07, 6.45) is 1.51. The number of carbonyl (C=O) groups excluding carboxylic acids is 1. The molecule has 9 nitrogen and oxygen atoms in total. The molecule has 0 bridgehead atoms. The Morgan fingerprint density at radius 1 is 1.50 bits per heavy atom. The van der Waals surface area contributed by atoms with Gasteiger partial charge in [0.1, 0.15) is 0 Å². The van der Waals surface area contributed by atoms with E-state index in [-0.39, 0.29) is 28.3 Å². The molecule has 0 amide bonds. The van der Waals surface area contributed by atoms with Gasteiger partial charge in [0, 0.05) is 30.5 Å². The Morgan fingerprint density at radius 3 is 2.88 bits per heavy atom. The SMILES string of the molecule is COC(=O)C1CC[NH+](Cn2nc(-c3cccc([N+](=O)[O-])c3)oc2=S)CC1. The minimum Gasteiger partial charge on any atom is -0.469 e. The fraction of sp³-hybridized carbons (Fsp3) is 0.438. The zero-order chi connectivity index (χ0) is 18.7. The first-order valence-electron chi connectivity index (χ1n) is 8.22. The third kappa shape index (κ3) is 3.97. The largest absolute Gasteiger partial charge is 0.469 e. The maximum atomic E-state index is 11.6. The predicted octanol–water partition coefficient (Wildman–Crippen LogP) is 1.21. The van der Waals surface area contributed by atoms with Crippen LogP contribution in [0.15, 0.2) is 28.7 Å². The lowest BCUT2D eigenvalue weighted by molar-refractivity contribution is -0.929. The lowest BCUT2D eigenvalue weighted by Crippen LogP contribution is -3.12. The summed E-state index contributed by atoms with van der Waals surface area (Å²) in [5.41, 5.74) is 0.470. The Morgan fingerprint density at radius 2 is 2.23 bits per heavy atom. The molecular formula is C16H19N4O5S+. The fourth-order valence-electron chi connectivity index (χ4n) is 3.07. The number of aromatic nitrogens is 2. The second kappa shape index (κ2) is 7.75. The molecule has 1 aliphatic rings. The normalized spacial score (nSPS) is 19.9. The molecule has 1 aromatic heterocycles. The van der Waals surface area contributed by atoms with E-state index < -0.39 is 4.92 Å². The summed E-state index contributed by atoms with van der Waals surface area (Å²) >= 11 is 5.22. The van der Waals surface area contributed by atoms with Gasteiger partial charge in [0.2, 0.25) is 5.89 Å². The van der Waals surface area contributed by atoms with Crippen LogP contribution in [0.4, 0.5) is 5.69 Å². The van der Waals surface area contributed by atoms with Gasteiger partial charge in [-0.3, -0.25) is 14.9 Å². The molecule has 0 aliphatic carbocycles. The smallest absolute Gasteiger partial charge is 0.309 e. The van der Waals surface area contributed by atoms with Gasteiger partial charge in [-0.05, 0) is 18.3 Å². The number of non-ortho nitro benzene ring substituents is 1. The standard InChI is InChI=1S/C16H18N4O5S/c1-24-15(21)11-5-7-18(8-6-11)10-19-16(26)25-14(17-19)12-3-2-4-13(9-12)20(22)23/h2-4,9,11H,5-8,10H2,1H3/p+1. The zero-order valence-corrected chi connectivity index (χ0v) is 15.0. The Kier molecular flexibility index (Phi) is 5.43. The summed E-state index contributed by atoms with van der Waals surface area (Å²) in [7, 11) is 1.41. The van der Waals surface area contributed by atoms with E-state index in [4.69, 9.17) is 21.4 Å². The third-order valence-electron chi connectivity index (χ3n) is 4.51. The number of piperidine rings is 1. The van der Waals surface area contributed by atoms with Crippen LogP contribution in [0.3, 0.4) is 0 Å². The van der Waals surface area contributed by atoms with E-state index >= 15 is 0 Å². The first kappa shape index (κ1) is 18.2. The van der Waals surface area contributed by atoms with Crippen LogP contribution in [0.1, 0.15) is 12.8 Å². The quantitative estimate of drug-likeness (QED) is 0.360. The Hall–Kier alpha value is -2.59. The van der Waals surface area contributed by atoms with Gasteiger partial charge in [0.15, 0.2) is 6.67 Å². The van der Waals surface area contributed by atoms with E-state index in [1.54, 1.807) is 16.8 Å². The van der Waals surface area contributed by atoms with Crippen molar-refractivity contribution in [2.75, 3.05) is 20.2 Å². The van der Waals surface area contributed by atoms with Gasteiger partial charge in [0.05, 0.1) is 31.0 Å². The molecular weight excluding hydrogens is 360 g/mol. The predicted molar refractivity (Wildman–Crippen MR) is 92.9 cm³/mol. The van der Waals surface area contributed by atoms with Crippen LogP contribution in [0.25, 0.3) is 11.5 Å². The molecule has 138 valence electrons. The molecule has 1 aromatic carbocycles. The minimum atomic E-state index is -0.468. The van der Waals surface area contributed by atoms with E-state index in [0.717, 1.165) is 25.9 Å². The molecule has 1 saturated heterocycles. The fourth-order valence-corrected chi connectivity index (χ4v) is 3.26. The van der Waals surface area contributed by atoms with E-state index in [0.29, 0.717) is 12.2 Å². The number of likely N-dealkylation sites (tertiary alicyclic amines) is 1. The van der Waals surface area contributed by atoms with Crippen LogP contribution in [0.2, 0.25) is 0 Å². The summed E-state index contributed by atoms with van der Waals surface area (Å²) < 4.78 is 11.9. The van der Waals surface area contributed by atoms with Crippen LogP contribution >= 0.6 is 12.2 Å². The molecule has 0 atom stereocenters. The molecule has 10 heteroatoms. The molecule has 0 radical (unpaired) electrons. The van der Waals surface area contributed by atoms with E-state index in [2.05, 4.69) is 5.10 Å². The van der Waals surface area contributed by atoms with Gasteiger partial charge >= 0.3 is 5.97 Å². The van der Waals surface area contributed by atoms with Crippen molar-refractivity contribution in [1.29, 1.82) is 0 Å². The van der Waals surface area contributed by atoms with Crippen molar-refractivity contribution in [1.82, 2.24) is 9.78 Å². The van der Waals surface area contributed by atoms with Crippen molar-refractivity contribution in [3.05, 3.63) is 39.2 Å². The first-order valence-corrected chi connectivity index (χ1v) is 8.63. The van der Waals surface area contributed by atoms with Crippen molar-refractivity contribution >= 4 is 23.9 Å².